The third kappa shape index (κ3) is 5.99. The second-order valence-electron chi connectivity index (χ2n) is 6.68. The van der Waals surface area contributed by atoms with Crippen LogP contribution in [0, 0.1) is 18.3 Å². The number of nitrogens with one attached hydrogen (secondary N) is 1. The zero-order valence-corrected chi connectivity index (χ0v) is 16.8. The largest absolute Gasteiger partial charge is 0.455 e. The minimum atomic E-state index is -0.811. The van der Waals surface area contributed by atoms with Gasteiger partial charge in [0.25, 0.3) is 5.91 Å². The first-order chi connectivity index (χ1) is 13.4. The van der Waals surface area contributed by atoms with Gasteiger partial charge in [-0.05, 0) is 19.8 Å². The molecule has 1 heterocycles. The molecule has 0 aromatic carbocycles. The predicted octanol–water partition coefficient (Wildman–Crippen LogP) is 1.88. The van der Waals surface area contributed by atoms with Crippen molar-refractivity contribution in [3.63, 3.8) is 0 Å². The molecule has 2 rings (SSSR count). The van der Waals surface area contributed by atoms with Gasteiger partial charge >= 0.3 is 5.97 Å². The molecule has 0 atom stereocenters. The molecule has 0 aliphatic heterocycles. The van der Waals surface area contributed by atoms with Gasteiger partial charge < -0.3 is 19.5 Å². The molecule has 0 radical (unpaired) electrons. The van der Waals surface area contributed by atoms with Gasteiger partial charge in [0.1, 0.15) is 11.3 Å². The van der Waals surface area contributed by atoms with Crippen molar-refractivity contribution >= 4 is 35.4 Å². The van der Waals surface area contributed by atoms with E-state index in [1.807, 2.05) is 0 Å². The van der Waals surface area contributed by atoms with Crippen molar-refractivity contribution in [1.29, 1.82) is 5.26 Å². The van der Waals surface area contributed by atoms with Crippen molar-refractivity contribution < 1.29 is 23.6 Å². The lowest BCUT2D eigenvalue weighted by atomic mass is 9.81. The van der Waals surface area contributed by atoms with Gasteiger partial charge in [-0.25, -0.2) is 0 Å². The molecule has 0 saturated heterocycles. The Hall–Kier alpha value is -2.54. The minimum absolute atomic E-state index is 0.0341. The zero-order valence-electron chi connectivity index (χ0n) is 16.0. The molecule has 1 N–H and O–H groups in total. The number of aromatic nitrogens is 1. The van der Waals surface area contributed by atoms with Crippen LogP contribution in [0.3, 0.4) is 0 Å². The molecule has 1 aliphatic carbocycles. The number of carbonyl (C=O) groups excluding carboxylic acids is 3. The summed E-state index contributed by atoms with van der Waals surface area (Å²) in [5.74, 6) is -0.457. The number of aryl methyl sites for hydroxylation is 1. The van der Waals surface area contributed by atoms with Crippen LogP contribution in [0.25, 0.3) is 0 Å². The van der Waals surface area contributed by atoms with Gasteiger partial charge in [0.05, 0.1) is 17.6 Å². The van der Waals surface area contributed by atoms with Crippen LogP contribution >= 0.6 is 11.8 Å². The second-order valence-corrected chi connectivity index (χ2v) is 7.67. The summed E-state index contributed by atoms with van der Waals surface area (Å²) in [5, 5.41) is 15.7. The molecule has 1 aliphatic rings. The molecule has 9 nitrogen and oxygen atoms in total. The number of likely N-dealkylation sites (N-methyl/N-ethyl adjacent to an activating group) is 1. The summed E-state index contributed by atoms with van der Waals surface area (Å²) in [7, 11) is 1.58. The van der Waals surface area contributed by atoms with E-state index in [-0.39, 0.29) is 17.4 Å². The molecular weight excluding hydrogens is 384 g/mol. The van der Waals surface area contributed by atoms with Crippen LogP contribution in [0.5, 0.6) is 0 Å². The first-order valence-electron chi connectivity index (χ1n) is 9.01. The molecule has 0 spiro atoms. The van der Waals surface area contributed by atoms with Gasteiger partial charge in [-0.2, -0.15) is 5.26 Å². The number of anilines is 1. The maximum absolute atomic E-state index is 12.3. The number of hydrogen-bond acceptors (Lipinski definition) is 8. The van der Waals surface area contributed by atoms with Crippen molar-refractivity contribution in [1.82, 2.24) is 10.1 Å². The number of hydrogen-bond donors (Lipinski definition) is 1. The molecular formula is C18H24N4O5S. The van der Waals surface area contributed by atoms with Gasteiger partial charge in [0, 0.05) is 13.1 Å². The highest BCUT2D eigenvalue weighted by Crippen LogP contribution is 2.32. The summed E-state index contributed by atoms with van der Waals surface area (Å²) in [6.07, 6.45) is 4.13. The third-order valence-corrected chi connectivity index (χ3v) is 5.52. The van der Waals surface area contributed by atoms with E-state index in [0.29, 0.717) is 24.4 Å². The predicted molar refractivity (Wildman–Crippen MR) is 102 cm³/mol. The summed E-state index contributed by atoms with van der Waals surface area (Å²) >= 11 is 1.07. The summed E-state index contributed by atoms with van der Waals surface area (Å²) in [5.41, 5.74) is -0.811. The highest BCUT2D eigenvalue weighted by Gasteiger charge is 2.38. The van der Waals surface area contributed by atoms with E-state index < -0.39 is 24.0 Å². The Bertz CT molecular complexity index is 751. The topological polar surface area (TPSA) is 126 Å². The number of nitrogens with zero attached hydrogens (tertiary/aromatic N) is 3. The standard InChI is InChI=1S/C18H24N4O5S/c1-13-8-14(21-27-13)20-15(23)10-28-11-17(25)26-9-16(24)22(2)18(12-19)6-4-3-5-7-18/h8H,3-7,9-11H2,1-2H3,(H,20,21,23). The molecule has 2 amide bonds. The van der Waals surface area contributed by atoms with E-state index in [4.69, 9.17) is 9.26 Å². The average Bonchev–Trinajstić information content (AvgIpc) is 3.10. The average molecular weight is 408 g/mol. The number of amides is 2. The lowest BCUT2D eigenvalue weighted by molar-refractivity contribution is -0.151. The van der Waals surface area contributed by atoms with Crippen LogP contribution in [0.15, 0.2) is 10.6 Å². The van der Waals surface area contributed by atoms with Gasteiger partial charge in [0.15, 0.2) is 12.4 Å². The van der Waals surface area contributed by atoms with E-state index in [0.717, 1.165) is 31.0 Å². The quantitative estimate of drug-likeness (QED) is 0.646. The fourth-order valence-electron chi connectivity index (χ4n) is 3.01. The highest BCUT2D eigenvalue weighted by atomic mass is 32.2. The van der Waals surface area contributed by atoms with Crippen LogP contribution in [0.2, 0.25) is 0 Å². The molecule has 28 heavy (non-hydrogen) atoms. The number of thioether (sulfide) groups is 1. The summed E-state index contributed by atoms with van der Waals surface area (Å²) in [6.45, 7) is 1.29. The molecule has 0 bridgehead atoms. The molecule has 10 heteroatoms. The van der Waals surface area contributed by atoms with E-state index in [1.165, 1.54) is 4.90 Å². The first kappa shape index (κ1) is 21.8. The Morgan fingerprint density at radius 1 is 1.36 bits per heavy atom. The van der Waals surface area contributed by atoms with Crippen LogP contribution in [0.1, 0.15) is 37.9 Å². The van der Waals surface area contributed by atoms with E-state index >= 15 is 0 Å². The van der Waals surface area contributed by atoms with Crippen LogP contribution in [-0.2, 0) is 19.1 Å². The third-order valence-electron chi connectivity index (χ3n) is 4.61. The summed E-state index contributed by atoms with van der Waals surface area (Å²) in [4.78, 5) is 37.3. The Balaban J connectivity index is 1.68. The highest BCUT2D eigenvalue weighted by molar-refractivity contribution is 8.00. The second kappa shape index (κ2) is 10.1. The van der Waals surface area contributed by atoms with Crippen LogP contribution in [0.4, 0.5) is 5.82 Å². The van der Waals surface area contributed by atoms with E-state index in [1.54, 1.807) is 20.0 Å². The Morgan fingerprint density at radius 2 is 2.07 bits per heavy atom. The zero-order chi connectivity index (χ0) is 20.6. The van der Waals surface area contributed by atoms with Crippen molar-refractivity contribution in [2.24, 2.45) is 0 Å². The van der Waals surface area contributed by atoms with Gasteiger partial charge in [-0.3, -0.25) is 14.4 Å². The van der Waals surface area contributed by atoms with Crippen molar-refractivity contribution in [3.05, 3.63) is 11.8 Å². The number of esters is 1. The molecule has 152 valence electrons. The minimum Gasteiger partial charge on any atom is -0.455 e. The van der Waals surface area contributed by atoms with E-state index in [9.17, 15) is 19.6 Å². The van der Waals surface area contributed by atoms with Gasteiger partial charge in [-0.1, -0.05) is 24.4 Å². The van der Waals surface area contributed by atoms with Crippen molar-refractivity contribution in [2.75, 3.05) is 30.5 Å². The number of nitriles is 1. The van der Waals surface area contributed by atoms with Crippen molar-refractivity contribution in [2.45, 2.75) is 44.6 Å². The summed E-state index contributed by atoms with van der Waals surface area (Å²) in [6, 6.07) is 3.84. The maximum atomic E-state index is 12.3. The number of rotatable bonds is 8. The Morgan fingerprint density at radius 3 is 2.68 bits per heavy atom. The van der Waals surface area contributed by atoms with Gasteiger partial charge in [0.2, 0.25) is 5.91 Å². The molecule has 1 aromatic heterocycles. The first-order valence-corrected chi connectivity index (χ1v) is 10.2. The molecule has 0 unspecified atom stereocenters. The normalized spacial score (nSPS) is 15.3. The summed E-state index contributed by atoms with van der Waals surface area (Å²) < 4.78 is 9.83. The number of carbonyl (C=O) groups is 3. The maximum Gasteiger partial charge on any atom is 0.316 e. The SMILES string of the molecule is Cc1cc(NC(=O)CSCC(=O)OCC(=O)N(C)C2(C#N)CCCCC2)no1. The van der Waals surface area contributed by atoms with Gasteiger partial charge in [-0.15, -0.1) is 11.8 Å². The number of ether oxygens (including phenoxy) is 1. The Labute approximate surface area is 167 Å². The fraction of sp³-hybridized carbons (Fsp3) is 0.611. The lowest BCUT2D eigenvalue weighted by Crippen LogP contribution is -2.51. The monoisotopic (exact) mass is 408 g/mol. The fourth-order valence-corrected chi connectivity index (χ4v) is 3.62. The van der Waals surface area contributed by atoms with E-state index in [2.05, 4.69) is 16.5 Å². The van der Waals surface area contributed by atoms with Crippen LogP contribution in [-0.4, -0.2) is 58.5 Å². The van der Waals surface area contributed by atoms with Crippen molar-refractivity contribution in [3.8, 4) is 6.07 Å². The lowest BCUT2D eigenvalue weighted by Gasteiger charge is -2.38. The molecule has 1 fully saturated rings. The Kier molecular flexibility index (Phi) is 7.87. The molecule has 1 aromatic rings. The van der Waals surface area contributed by atoms with Crippen LogP contribution < -0.4 is 5.32 Å². The smallest absolute Gasteiger partial charge is 0.316 e. The molecule has 1 saturated carbocycles.